The van der Waals surface area contributed by atoms with Crippen molar-refractivity contribution in [2.75, 3.05) is 0 Å². The average molecular weight is 885 g/mol. The zero-order valence-electron chi connectivity index (χ0n) is 40.3. The highest BCUT2D eigenvalue weighted by atomic mass is 14.4. The highest BCUT2D eigenvalue weighted by Gasteiger charge is 2.39. The zero-order chi connectivity index (χ0) is 46.6. The normalized spacial score (nSPS) is 17.2. The molecule has 0 saturated heterocycles. The van der Waals surface area contributed by atoms with Crippen LogP contribution in [-0.2, 0) is 11.8 Å². The van der Waals surface area contributed by atoms with Gasteiger partial charge in [0.2, 0.25) is 0 Å². The van der Waals surface area contributed by atoms with Gasteiger partial charge in [0.1, 0.15) is 0 Å². The minimum Gasteiger partial charge on any atom is -0.0799 e. The summed E-state index contributed by atoms with van der Waals surface area (Å²) in [6.07, 6.45) is 12.2. The molecule has 2 atom stereocenters. The van der Waals surface area contributed by atoms with Crippen LogP contribution in [0.3, 0.4) is 0 Å². The van der Waals surface area contributed by atoms with Crippen LogP contribution in [0.15, 0.2) is 217 Å². The minimum absolute atomic E-state index is 0.125. The first kappa shape index (κ1) is 41.6. The molecule has 0 heteroatoms. The fraction of sp³-hybridized carbons (Fsp3) is 0.159. The first-order valence-electron chi connectivity index (χ1n) is 25.0. The van der Waals surface area contributed by atoms with Gasteiger partial charge in [-0.3, -0.25) is 0 Å². The van der Waals surface area contributed by atoms with Gasteiger partial charge in [-0.2, -0.15) is 0 Å². The maximum Gasteiger partial charge on any atom is 0.0159 e. The van der Waals surface area contributed by atoms with Gasteiger partial charge in [0.05, 0.1) is 0 Å². The molecule has 9 aromatic carbocycles. The molecule has 13 rings (SSSR count). The third kappa shape index (κ3) is 6.95. The van der Waals surface area contributed by atoms with E-state index in [1.54, 1.807) is 16.7 Å². The van der Waals surface area contributed by atoms with E-state index in [0.29, 0.717) is 11.8 Å². The van der Waals surface area contributed by atoms with E-state index < -0.39 is 0 Å². The Labute approximate surface area is 408 Å². The van der Waals surface area contributed by atoms with Gasteiger partial charge in [0.25, 0.3) is 0 Å². The minimum atomic E-state index is -0.125. The van der Waals surface area contributed by atoms with Gasteiger partial charge in [0, 0.05) is 17.3 Å². The lowest BCUT2D eigenvalue weighted by Gasteiger charge is -2.42. The fourth-order valence-corrected chi connectivity index (χ4v) is 12.3. The van der Waals surface area contributed by atoms with E-state index in [1.807, 2.05) is 0 Å². The van der Waals surface area contributed by atoms with Gasteiger partial charge in [-0.05, 0) is 147 Å². The number of fused-ring (bicyclic) bond motifs is 4. The molecular weight excluding hydrogens is 829 g/mol. The molecule has 0 nitrogen and oxygen atoms in total. The van der Waals surface area contributed by atoms with Crippen molar-refractivity contribution in [2.45, 2.75) is 58.8 Å². The summed E-state index contributed by atoms with van der Waals surface area (Å²) < 4.78 is 0. The highest BCUT2D eigenvalue weighted by Crippen LogP contribution is 2.54. The van der Waals surface area contributed by atoms with Crippen molar-refractivity contribution in [3.63, 3.8) is 0 Å². The summed E-state index contributed by atoms with van der Waals surface area (Å²) >= 11 is 0. The lowest BCUT2D eigenvalue weighted by molar-refractivity contribution is 0.458. The van der Waals surface area contributed by atoms with Crippen LogP contribution >= 0.6 is 0 Å². The van der Waals surface area contributed by atoms with Crippen molar-refractivity contribution in [1.82, 2.24) is 0 Å². The van der Waals surface area contributed by atoms with Crippen LogP contribution in [0.1, 0.15) is 74.8 Å². The van der Waals surface area contributed by atoms with Crippen LogP contribution < -0.4 is 0 Å². The molecule has 9 aromatic rings. The molecule has 332 valence electrons. The van der Waals surface area contributed by atoms with Crippen LogP contribution in [0.2, 0.25) is 0 Å². The number of allylic oxidation sites excluding steroid dienone is 5. The van der Waals surface area contributed by atoms with Crippen molar-refractivity contribution in [3.05, 3.63) is 245 Å². The second-order valence-electron chi connectivity index (χ2n) is 21.6. The van der Waals surface area contributed by atoms with E-state index in [2.05, 4.69) is 247 Å². The molecule has 69 heavy (non-hydrogen) atoms. The largest absolute Gasteiger partial charge is 0.0799 e. The summed E-state index contributed by atoms with van der Waals surface area (Å²) in [6, 6.07) is 70.6. The number of rotatable bonds is 6. The van der Waals surface area contributed by atoms with Gasteiger partial charge in [-0.25, -0.2) is 0 Å². The van der Waals surface area contributed by atoms with Crippen molar-refractivity contribution in [3.8, 4) is 77.9 Å². The molecule has 4 aliphatic carbocycles. The highest BCUT2D eigenvalue weighted by molar-refractivity contribution is 5.97. The Bertz CT molecular complexity index is 3610. The van der Waals surface area contributed by atoms with E-state index in [-0.39, 0.29) is 10.8 Å². The second kappa shape index (κ2) is 15.8. The molecule has 0 amide bonds. The Hall–Kier alpha value is -7.54. The Morgan fingerprint density at radius 1 is 0.464 bits per heavy atom. The molecule has 0 aliphatic heterocycles. The maximum atomic E-state index is 2.58. The summed E-state index contributed by atoms with van der Waals surface area (Å²) in [5.41, 5.74) is 28.3. The topological polar surface area (TPSA) is 0 Å². The van der Waals surface area contributed by atoms with E-state index in [1.165, 1.54) is 111 Å². The first-order valence-corrected chi connectivity index (χ1v) is 25.0. The summed E-state index contributed by atoms with van der Waals surface area (Å²) in [5, 5.41) is 2.56. The third-order valence-electron chi connectivity index (χ3n) is 16.3. The van der Waals surface area contributed by atoms with Crippen LogP contribution in [0.5, 0.6) is 0 Å². The van der Waals surface area contributed by atoms with Gasteiger partial charge in [-0.15, -0.1) is 0 Å². The Kier molecular flexibility index (Phi) is 9.51. The average Bonchev–Trinajstić information content (AvgIpc) is 3.62. The van der Waals surface area contributed by atoms with Gasteiger partial charge < -0.3 is 0 Å². The van der Waals surface area contributed by atoms with Crippen molar-refractivity contribution < 1.29 is 0 Å². The molecule has 2 unspecified atom stereocenters. The van der Waals surface area contributed by atoms with E-state index in [4.69, 9.17) is 0 Å². The third-order valence-corrected chi connectivity index (χ3v) is 16.3. The predicted molar refractivity (Wildman–Crippen MR) is 293 cm³/mol. The monoisotopic (exact) mass is 884 g/mol. The molecule has 0 saturated carbocycles. The zero-order valence-corrected chi connectivity index (χ0v) is 40.3. The molecule has 4 aliphatic rings. The van der Waals surface area contributed by atoms with Crippen molar-refractivity contribution in [2.24, 2.45) is 11.3 Å². The number of hydrogen-bond acceptors (Lipinski definition) is 0. The van der Waals surface area contributed by atoms with Crippen molar-refractivity contribution in [1.29, 1.82) is 0 Å². The summed E-state index contributed by atoms with van der Waals surface area (Å²) in [7, 11) is 0. The Balaban J connectivity index is 0.719. The summed E-state index contributed by atoms with van der Waals surface area (Å²) in [5.74, 6) is 0.925. The standard InChI is InChI=1S/C69H56/c1-68(2,3)57-39-55-30-29-52-31-35-60(63-38-34-56(40-57)66(55)67(52)63)51-27-23-48(24-28-51)54-33-37-62-61-36-32-53(41-64(61)69(4,5)65(62)42-54)47-19-17-45(18-20-47)43-13-15-44(16-14-43)46-21-25-50(26-22-46)59-12-8-10-49-9-6-7-11-58(49)59/h6-28,30-38,40-42,56,66H,29,39H2,1-5H3. The summed E-state index contributed by atoms with van der Waals surface area (Å²) in [4.78, 5) is 0. The van der Waals surface area contributed by atoms with Crippen LogP contribution in [0, 0.1) is 11.3 Å². The van der Waals surface area contributed by atoms with E-state index >= 15 is 0 Å². The second-order valence-corrected chi connectivity index (χ2v) is 21.6. The predicted octanol–water partition coefficient (Wildman–Crippen LogP) is 18.7. The van der Waals surface area contributed by atoms with E-state index in [0.717, 1.165) is 12.8 Å². The molecule has 0 N–H and O–H groups in total. The molecular formula is C69H56. The van der Waals surface area contributed by atoms with E-state index in [9.17, 15) is 0 Å². The maximum absolute atomic E-state index is 2.58. The smallest absolute Gasteiger partial charge is 0.0159 e. The van der Waals surface area contributed by atoms with Crippen LogP contribution in [0.4, 0.5) is 0 Å². The molecule has 0 fully saturated rings. The molecule has 0 spiro atoms. The van der Waals surface area contributed by atoms with Gasteiger partial charge >= 0.3 is 0 Å². The summed E-state index contributed by atoms with van der Waals surface area (Å²) in [6.45, 7) is 11.9. The quantitative estimate of drug-likeness (QED) is 0.146. The van der Waals surface area contributed by atoms with Crippen LogP contribution in [0.25, 0.3) is 94.7 Å². The number of benzene rings is 9. The lowest BCUT2D eigenvalue weighted by Crippen LogP contribution is -2.27. The van der Waals surface area contributed by atoms with Gasteiger partial charge in [-0.1, -0.05) is 246 Å². The van der Waals surface area contributed by atoms with Crippen molar-refractivity contribution >= 4 is 16.8 Å². The lowest BCUT2D eigenvalue weighted by atomic mass is 9.62. The Morgan fingerprint density at radius 2 is 0.942 bits per heavy atom. The van der Waals surface area contributed by atoms with Gasteiger partial charge in [0.15, 0.2) is 0 Å². The first-order chi connectivity index (χ1) is 33.5. The molecule has 0 bridgehead atoms. The molecule has 0 aromatic heterocycles. The van der Waals surface area contributed by atoms with Crippen LogP contribution in [-0.4, -0.2) is 0 Å². The molecule has 0 heterocycles. The molecule has 0 radical (unpaired) electrons. The number of hydrogen-bond donors (Lipinski definition) is 0. The SMILES string of the molecule is CC(C)(C)C1=CC2C=Cc3c(-c4ccc(-c5ccc6c(c5)C(C)(C)c5cc(-c7ccc(-c8ccc(-c9ccc(-c%10cccc%11ccccc%10%11)cc9)cc8)cc7)ccc5-6)cc4)ccc4c3C2C(=CC4)C1. The fourth-order valence-electron chi connectivity index (χ4n) is 12.3. The Morgan fingerprint density at radius 3 is 1.51 bits per heavy atom.